The van der Waals surface area contributed by atoms with Crippen LogP contribution in [0.2, 0.25) is 0 Å². The van der Waals surface area contributed by atoms with Crippen LogP contribution >= 0.6 is 24.0 Å². The van der Waals surface area contributed by atoms with Crippen LogP contribution < -0.4 is 10.6 Å². The Morgan fingerprint density at radius 1 is 0.920 bits per heavy atom. The van der Waals surface area contributed by atoms with Crippen molar-refractivity contribution in [2.45, 2.75) is 26.6 Å². The molecule has 0 fully saturated rings. The molecule has 0 saturated heterocycles. The molecule has 0 radical (unpaired) electrons. The second kappa shape index (κ2) is 11.9. The van der Waals surface area contributed by atoms with Gasteiger partial charge in [0, 0.05) is 19.6 Å². The lowest BCUT2D eigenvalue weighted by atomic mass is 10.1. The second-order valence-corrected chi connectivity index (χ2v) is 6.04. The summed E-state index contributed by atoms with van der Waals surface area (Å²) in [4.78, 5) is 6.86. The molecule has 5 heteroatoms. The lowest BCUT2D eigenvalue weighted by Gasteiger charge is -2.16. The van der Waals surface area contributed by atoms with E-state index >= 15 is 0 Å². The topological polar surface area (TPSA) is 39.7 Å². The number of halogens is 1. The molecule has 0 heterocycles. The fourth-order valence-electron chi connectivity index (χ4n) is 2.50. The van der Waals surface area contributed by atoms with Crippen molar-refractivity contribution < 1.29 is 0 Å². The molecule has 4 nitrogen and oxygen atoms in total. The minimum absolute atomic E-state index is 0. The predicted octanol–water partition coefficient (Wildman–Crippen LogP) is 3.62. The molecule has 0 amide bonds. The molecule has 136 valence electrons. The maximum Gasteiger partial charge on any atom is 0.191 e. The van der Waals surface area contributed by atoms with Gasteiger partial charge < -0.3 is 15.5 Å². The molecule has 2 aromatic carbocycles. The van der Waals surface area contributed by atoms with E-state index in [1.165, 1.54) is 16.7 Å². The van der Waals surface area contributed by atoms with Gasteiger partial charge in [0.2, 0.25) is 0 Å². The smallest absolute Gasteiger partial charge is 0.191 e. The molecule has 0 unspecified atom stereocenters. The second-order valence-electron chi connectivity index (χ2n) is 6.04. The Morgan fingerprint density at radius 2 is 1.56 bits per heavy atom. The summed E-state index contributed by atoms with van der Waals surface area (Å²) in [6.07, 6.45) is 0. The van der Waals surface area contributed by atoms with Crippen LogP contribution in [0.25, 0.3) is 0 Å². The van der Waals surface area contributed by atoms with Crippen molar-refractivity contribution in [2.24, 2.45) is 4.99 Å². The van der Waals surface area contributed by atoms with Gasteiger partial charge in [-0.05, 0) is 37.7 Å². The molecule has 0 spiro atoms. The van der Waals surface area contributed by atoms with Crippen molar-refractivity contribution in [2.75, 3.05) is 20.6 Å². The van der Waals surface area contributed by atoms with E-state index in [1.54, 1.807) is 0 Å². The maximum absolute atomic E-state index is 4.67. The van der Waals surface area contributed by atoms with Gasteiger partial charge in [0.05, 0.1) is 6.54 Å². The van der Waals surface area contributed by atoms with Crippen molar-refractivity contribution in [3.05, 3.63) is 71.3 Å². The van der Waals surface area contributed by atoms with E-state index < -0.39 is 0 Å². The molecular formula is C20H29IN4. The van der Waals surface area contributed by atoms with E-state index in [9.17, 15) is 0 Å². The van der Waals surface area contributed by atoms with E-state index in [0.717, 1.165) is 25.6 Å². The Balaban J connectivity index is 0.00000312. The third kappa shape index (κ3) is 7.88. The molecule has 0 bridgehead atoms. The van der Waals surface area contributed by atoms with Gasteiger partial charge in [0.15, 0.2) is 5.96 Å². The average molecular weight is 452 g/mol. The largest absolute Gasteiger partial charge is 0.357 e. The summed E-state index contributed by atoms with van der Waals surface area (Å²) in [5.41, 5.74) is 3.85. The summed E-state index contributed by atoms with van der Waals surface area (Å²) in [7, 11) is 4.19. The number of hydrogen-bond acceptors (Lipinski definition) is 2. The van der Waals surface area contributed by atoms with Crippen LogP contribution in [-0.4, -0.2) is 31.5 Å². The van der Waals surface area contributed by atoms with Gasteiger partial charge in [0.25, 0.3) is 0 Å². The summed E-state index contributed by atoms with van der Waals surface area (Å²) in [6.45, 7) is 5.31. The van der Waals surface area contributed by atoms with Crippen molar-refractivity contribution >= 4 is 29.9 Å². The van der Waals surface area contributed by atoms with Gasteiger partial charge in [-0.3, -0.25) is 0 Å². The normalized spacial score (nSPS) is 11.1. The first-order chi connectivity index (χ1) is 11.7. The SMILES string of the molecule is CCNC(=NCc1ccccc1)NCc1ccccc1CN(C)C.I. The summed E-state index contributed by atoms with van der Waals surface area (Å²) < 4.78 is 0. The van der Waals surface area contributed by atoms with Crippen LogP contribution in [0.1, 0.15) is 23.6 Å². The molecule has 0 aromatic heterocycles. The van der Waals surface area contributed by atoms with Gasteiger partial charge in [-0.15, -0.1) is 24.0 Å². The van der Waals surface area contributed by atoms with E-state index in [-0.39, 0.29) is 24.0 Å². The third-order valence-corrected chi connectivity index (χ3v) is 3.66. The molecule has 25 heavy (non-hydrogen) atoms. The van der Waals surface area contributed by atoms with Crippen LogP contribution in [0.3, 0.4) is 0 Å². The summed E-state index contributed by atoms with van der Waals surface area (Å²) in [5.74, 6) is 0.848. The van der Waals surface area contributed by atoms with Gasteiger partial charge in [-0.2, -0.15) is 0 Å². The average Bonchev–Trinajstić information content (AvgIpc) is 2.59. The first kappa shape index (κ1) is 21.4. The standard InChI is InChI=1S/C20H28N4.HI/c1-4-21-20(22-14-17-10-6-5-7-11-17)23-15-18-12-8-9-13-19(18)16-24(2)3;/h5-13H,4,14-16H2,1-3H3,(H2,21,22,23);1H. The summed E-state index contributed by atoms with van der Waals surface area (Å²) in [6, 6.07) is 18.8. The summed E-state index contributed by atoms with van der Waals surface area (Å²) in [5, 5.41) is 6.75. The molecule has 0 aliphatic rings. The number of nitrogens with one attached hydrogen (secondary N) is 2. The number of benzene rings is 2. The zero-order chi connectivity index (χ0) is 17.2. The molecule has 0 saturated carbocycles. The highest BCUT2D eigenvalue weighted by molar-refractivity contribution is 14.0. The fraction of sp³-hybridized carbons (Fsp3) is 0.350. The molecule has 2 aromatic rings. The van der Waals surface area contributed by atoms with Crippen LogP contribution in [0, 0.1) is 0 Å². The minimum atomic E-state index is 0. The van der Waals surface area contributed by atoms with E-state index in [0.29, 0.717) is 6.54 Å². The third-order valence-electron chi connectivity index (χ3n) is 3.66. The zero-order valence-electron chi connectivity index (χ0n) is 15.3. The van der Waals surface area contributed by atoms with Gasteiger partial charge in [-0.25, -0.2) is 4.99 Å². The number of aliphatic imine (C=N–C) groups is 1. The van der Waals surface area contributed by atoms with E-state index in [2.05, 4.69) is 77.9 Å². The van der Waals surface area contributed by atoms with E-state index in [4.69, 9.17) is 0 Å². The molecule has 2 N–H and O–H groups in total. The number of hydrogen-bond donors (Lipinski definition) is 2. The predicted molar refractivity (Wildman–Crippen MR) is 117 cm³/mol. The first-order valence-electron chi connectivity index (χ1n) is 8.46. The van der Waals surface area contributed by atoms with Crippen molar-refractivity contribution in [3.63, 3.8) is 0 Å². The first-order valence-corrected chi connectivity index (χ1v) is 8.46. The minimum Gasteiger partial charge on any atom is -0.357 e. The molecule has 0 aliphatic heterocycles. The van der Waals surface area contributed by atoms with Crippen LogP contribution in [0.4, 0.5) is 0 Å². The Hall–Kier alpha value is -1.60. The number of nitrogens with zero attached hydrogens (tertiary/aromatic N) is 2. The highest BCUT2D eigenvalue weighted by atomic mass is 127. The molecule has 2 rings (SSSR count). The highest BCUT2D eigenvalue weighted by Gasteiger charge is 2.04. The Morgan fingerprint density at radius 3 is 2.20 bits per heavy atom. The molecule has 0 atom stereocenters. The van der Waals surface area contributed by atoms with Crippen molar-refractivity contribution in [1.82, 2.24) is 15.5 Å². The molecular weight excluding hydrogens is 423 g/mol. The fourth-order valence-corrected chi connectivity index (χ4v) is 2.50. The lowest BCUT2D eigenvalue weighted by molar-refractivity contribution is 0.400. The van der Waals surface area contributed by atoms with Crippen molar-refractivity contribution in [3.8, 4) is 0 Å². The van der Waals surface area contributed by atoms with Crippen LogP contribution in [0.5, 0.6) is 0 Å². The summed E-state index contributed by atoms with van der Waals surface area (Å²) >= 11 is 0. The molecule has 0 aliphatic carbocycles. The Kier molecular flexibility index (Phi) is 10.2. The lowest BCUT2D eigenvalue weighted by Crippen LogP contribution is -2.37. The van der Waals surface area contributed by atoms with Crippen LogP contribution in [-0.2, 0) is 19.6 Å². The van der Waals surface area contributed by atoms with E-state index in [1.807, 2.05) is 18.2 Å². The van der Waals surface area contributed by atoms with Crippen LogP contribution in [0.15, 0.2) is 59.6 Å². The van der Waals surface area contributed by atoms with Gasteiger partial charge >= 0.3 is 0 Å². The number of guanidine groups is 1. The quantitative estimate of drug-likeness (QED) is 0.383. The Bertz CT molecular complexity index is 641. The Labute approximate surface area is 168 Å². The monoisotopic (exact) mass is 452 g/mol. The highest BCUT2D eigenvalue weighted by Crippen LogP contribution is 2.10. The number of rotatable bonds is 7. The van der Waals surface area contributed by atoms with Gasteiger partial charge in [0.1, 0.15) is 0 Å². The van der Waals surface area contributed by atoms with Gasteiger partial charge in [-0.1, -0.05) is 54.6 Å². The zero-order valence-corrected chi connectivity index (χ0v) is 17.7. The van der Waals surface area contributed by atoms with Crippen molar-refractivity contribution in [1.29, 1.82) is 0 Å². The maximum atomic E-state index is 4.67.